The van der Waals surface area contributed by atoms with E-state index in [9.17, 15) is 10.1 Å². The maximum absolute atomic E-state index is 12.4. The number of carbonyl (C=O) groups excluding carboxylic acids is 1. The van der Waals surface area contributed by atoms with E-state index in [4.69, 9.17) is 28.3 Å². The molecule has 1 unspecified atom stereocenters. The first-order valence-electron chi connectivity index (χ1n) is 9.65. The lowest BCUT2D eigenvalue weighted by Gasteiger charge is -2.25. The van der Waals surface area contributed by atoms with E-state index in [0.717, 1.165) is 22.6 Å². The van der Waals surface area contributed by atoms with Crippen molar-refractivity contribution in [2.75, 3.05) is 19.6 Å². The third-order valence-corrected chi connectivity index (χ3v) is 6.63. The Morgan fingerprint density at radius 2 is 2.32 bits per heavy atom. The molecule has 0 radical (unpaired) electrons. The molecule has 0 aromatic carbocycles. The molecule has 1 fully saturated rings. The van der Waals surface area contributed by atoms with Crippen molar-refractivity contribution in [2.45, 2.75) is 18.9 Å². The van der Waals surface area contributed by atoms with E-state index in [0.29, 0.717) is 34.8 Å². The van der Waals surface area contributed by atoms with Crippen LogP contribution in [0.4, 0.5) is 0 Å². The molecule has 1 saturated heterocycles. The van der Waals surface area contributed by atoms with Gasteiger partial charge in [0, 0.05) is 18.0 Å². The average Bonchev–Trinajstić information content (AvgIpc) is 3.44. The minimum absolute atomic E-state index is 0.105. The lowest BCUT2D eigenvalue weighted by molar-refractivity contribution is -0.128. The van der Waals surface area contributed by atoms with Gasteiger partial charge in [0.05, 0.1) is 28.3 Å². The number of rotatable bonds is 4. The third-order valence-electron chi connectivity index (χ3n) is 5.01. The molecule has 10 heteroatoms. The summed E-state index contributed by atoms with van der Waals surface area (Å²) in [5.74, 6) is 0.396. The molecule has 0 bridgehead atoms. The molecular formula is C21H18Cl2N6OS. The Hall–Kier alpha value is -2.82. The number of hydrazone groups is 1. The SMILES string of the molecule is N#CNC(=NCC1=C(Cl)C=CC=C=C1)N1CC(N2CCCC2=O)C(c2ccc(Cl)s2)=N1. The molecule has 1 atom stereocenters. The Balaban J connectivity index is 1.65. The molecule has 0 spiro atoms. The van der Waals surface area contributed by atoms with Crippen molar-refractivity contribution in [3.05, 3.63) is 62.0 Å². The zero-order valence-corrected chi connectivity index (χ0v) is 18.7. The van der Waals surface area contributed by atoms with Crippen LogP contribution >= 0.6 is 34.5 Å². The molecule has 3 heterocycles. The van der Waals surface area contributed by atoms with Gasteiger partial charge in [0.25, 0.3) is 0 Å². The molecule has 1 aromatic rings. The molecule has 4 rings (SSSR count). The lowest BCUT2D eigenvalue weighted by Crippen LogP contribution is -2.45. The zero-order chi connectivity index (χ0) is 21.8. The Bertz CT molecular complexity index is 1120. The Labute approximate surface area is 193 Å². The van der Waals surface area contributed by atoms with Crippen LogP contribution in [0.15, 0.2) is 62.9 Å². The fourth-order valence-corrected chi connectivity index (χ4v) is 4.82. The number of thiophene rings is 1. The van der Waals surface area contributed by atoms with Crippen LogP contribution in [-0.2, 0) is 4.79 Å². The molecule has 1 amide bonds. The second kappa shape index (κ2) is 9.54. The number of guanidine groups is 1. The first-order valence-corrected chi connectivity index (χ1v) is 11.2. The summed E-state index contributed by atoms with van der Waals surface area (Å²) < 4.78 is 0.648. The van der Waals surface area contributed by atoms with Crippen molar-refractivity contribution >= 4 is 52.1 Å². The number of nitriles is 1. The fraction of sp³-hybridized carbons (Fsp3) is 0.286. The minimum atomic E-state index is -0.234. The summed E-state index contributed by atoms with van der Waals surface area (Å²) in [5, 5.41) is 18.8. The summed E-state index contributed by atoms with van der Waals surface area (Å²) in [5.41, 5.74) is 4.52. The predicted molar refractivity (Wildman–Crippen MR) is 123 cm³/mol. The van der Waals surface area contributed by atoms with Crippen LogP contribution in [0, 0.1) is 11.5 Å². The van der Waals surface area contributed by atoms with E-state index in [1.54, 1.807) is 29.3 Å². The number of amides is 1. The van der Waals surface area contributed by atoms with Crippen molar-refractivity contribution < 1.29 is 4.79 Å². The minimum Gasteiger partial charge on any atom is -0.332 e. The number of carbonyl (C=O) groups is 1. The molecule has 1 aliphatic carbocycles. The molecule has 1 aromatic heterocycles. The van der Waals surface area contributed by atoms with Crippen LogP contribution in [0.1, 0.15) is 17.7 Å². The highest BCUT2D eigenvalue weighted by Gasteiger charge is 2.39. The Kier molecular flexibility index (Phi) is 6.59. The summed E-state index contributed by atoms with van der Waals surface area (Å²) in [6.45, 7) is 1.32. The highest BCUT2D eigenvalue weighted by molar-refractivity contribution is 7.18. The summed E-state index contributed by atoms with van der Waals surface area (Å²) >= 11 is 13.8. The predicted octanol–water partition coefficient (Wildman–Crippen LogP) is 3.61. The average molecular weight is 473 g/mol. The molecule has 0 saturated carbocycles. The van der Waals surface area contributed by atoms with Gasteiger partial charge in [0.15, 0.2) is 6.19 Å². The van der Waals surface area contributed by atoms with Crippen molar-refractivity contribution in [3.63, 3.8) is 0 Å². The maximum Gasteiger partial charge on any atom is 0.228 e. The number of aliphatic imine (C=N–C) groups is 1. The van der Waals surface area contributed by atoms with Gasteiger partial charge in [-0.3, -0.25) is 10.1 Å². The second-order valence-electron chi connectivity index (χ2n) is 6.96. The third kappa shape index (κ3) is 4.76. The van der Waals surface area contributed by atoms with E-state index >= 15 is 0 Å². The van der Waals surface area contributed by atoms with Gasteiger partial charge < -0.3 is 4.90 Å². The van der Waals surface area contributed by atoms with Crippen molar-refractivity contribution in [1.29, 1.82) is 5.26 Å². The summed E-state index contributed by atoms with van der Waals surface area (Å²) in [4.78, 5) is 19.7. The summed E-state index contributed by atoms with van der Waals surface area (Å²) in [6, 6.07) is 3.48. The highest BCUT2D eigenvalue weighted by Crippen LogP contribution is 2.29. The monoisotopic (exact) mass is 472 g/mol. The summed E-state index contributed by atoms with van der Waals surface area (Å²) in [6.07, 6.45) is 10.4. The molecule has 158 valence electrons. The Morgan fingerprint density at radius 1 is 1.45 bits per heavy atom. The van der Waals surface area contributed by atoms with Gasteiger partial charge in [0.2, 0.25) is 11.9 Å². The van der Waals surface area contributed by atoms with Crippen LogP contribution in [0.2, 0.25) is 4.34 Å². The van der Waals surface area contributed by atoms with Gasteiger partial charge in [-0.1, -0.05) is 29.3 Å². The van der Waals surface area contributed by atoms with Gasteiger partial charge in [-0.25, -0.2) is 10.0 Å². The first-order chi connectivity index (χ1) is 15.1. The van der Waals surface area contributed by atoms with Crippen LogP contribution in [0.5, 0.6) is 0 Å². The van der Waals surface area contributed by atoms with Gasteiger partial charge >= 0.3 is 0 Å². The molecular weight excluding hydrogens is 455 g/mol. The number of likely N-dealkylation sites (tertiary alicyclic amines) is 1. The van der Waals surface area contributed by atoms with Crippen molar-refractivity contribution in [3.8, 4) is 6.19 Å². The number of allylic oxidation sites excluding steroid dienone is 3. The number of hydrogen-bond donors (Lipinski definition) is 1. The van der Waals surface area contributed by atoms with Gasteiger partial charge in [-0.05, 0) is 42.4 Å². The van der Waals surface area contributed by atoms with Crippen molar-refractivity contribution in [2.24, 2.45) is 10.1 Å². The number of halogens is 2. The van der Waals surface area contributed by atoms with Gasteiger partial charge in [-0.2, -0.15) is 10.4 Å². The molecule has 3 aliphatic rings. The first kappa shape index (κ1) is 21.4. The normalized spacial score (nSPS) is 21.1. The smallest absolute Gasteiger partial charge is 0.228 e. The van der Waals surface area contributed by atoms with E-state index in [1.165, 1.54) is 11.3 Å². The van der Waals surface area contributed by atoms with Crippen LogP contribution < -0.4 is 5.32 Å². The Morgan fingerprint density at radius 3 is 3.03 bits per heavy atom. The number of nitrogens with zero attached hydrogens (tertiary/aromatic N) is 5. The van der Waals surface area contributed by atoms with E-state index < -0.39 is 0 Å². The number of nitrogens with one attached hydrogen (secondary N) is 1. The lowest BCUT2D eigenvalue weighted by atomic mass is 10.1. The van der Waals surface area contributed by atoms with Crippen LogP contribution in [0.25, 0.3) is 0 Å². The topological polar surface area (TPSA) is 84.1 Å². The van der Waals surface area contributed by atoms with Gasteiger partial charge in [-0.15, -0.1) is 17.1 Å². The van der Waals surface area contributed by atoms with E-state index in [1.807, 2.05) is 23.2 Å². The quantitative estimate of drug-likeness (QED) is 0.238. The molecule has 7 nitrogen and oxygen atoms in total. The summed E-state index contributed by atoms with van der Waals surface area (Å²) in [7, 11) is 0. The van der Waals surface area contributed by atoms with Crippen LogP contribution in [0.3, 0.4) is 0 Å². The van der Waals surface area contributed by atoms with Crippen LogP contribution in [-0.4, -0.2) is 53.2 Å². The maximum atomic E-state index is 12.4. The largest absolute Gasteiger partial charge is 0.332 e. The molecule has 31 heavy (non-hydrogen) atoms. The van der Waals surface area contributed by atoms with E-state index in [2.05, 4.69) is 16.0 Å². The van der Waals surface area contributed by atoms with E-state index in [-0.39, 0.29) is 18.5 Å². The zero-order valence-electron chi connectivity index (χ0n) is 16.4. The second-order valence-corrected chi connectivity index (χ2v) is 9.09. The molecule has 1 N–H and O–H groups in total. The highest BCUT2D eigenvalue weighted by atomic mass is 35.5. The number of hydrogen-bond acceptors (Lipinski definition) is 5. The standard InChI is InChI=1S/C21H18Cl2N6OS/c22-15-6-3-1-2-5-14(15)11-25-21(26-13-24)29-12-16(28-10-4-7-19(28)30)20(27-29)17-8-9-18(23)31-17/h1,3,5-6,8-9,16H,4,7,10-12H2,(H,25,26). The fourth-order valence-electron chi connectivity index (χ4n) is 3.56. The van der Waals surface area contributed by atoms with Crippen molar-refractivity contribution in [1.82, 2.24) is 15.2 Å². The van der Waals surface area contributed by atoms with Gasteiger partial charge in [0.1, 0.15) is 5.71 Å². The molecule has 2 aliphatic heterocycles.